The number of rotatable bonds is 4. The number of aryl methyl sites for hydroxylation is 1. The Hall–Kier alpha value is -1.23. The molecule has 15 heavy (non-hydrogen) atoms. The van der Waals surface area contributed by atoms with E-state index in [-0.39, 0.29) is 0 Å². The van der Waals surface area contributed by atoms with Crippen LogP contribution < -0.4 is 10.6 Å². The third-order valence-corrected chi connectivity index (χ3v) is 2.09. The zero-order valence-electron chi connectivity index (χ0n) is 9.08. The van der Waals surface area contributed by atoms with Crippen molar-refractivity contribution in [3.05, 3.63) is 23.8 Å². The predicted molar refractivity (Wildman–Crippen MR) is 64.5 cm³/mol. The van der Waals surface area contributed by atoms with Gasteiger partial charge in [-0.3, -0.25) is 9.97 Å². The van der Waals surface area contributed by atoms with Crippen molar-refractivity contribution >= 4 is 17.3 Å². The van der Waals surface area contributed by atoms with Gasteiger partial charge in [-0.15, -0.1) is 0 Å². The Morgan fingerprint density at radius 3 is 2.73 bits per heavy atom. The quantitative estimate of drug-likeness (QED) is 0.752. The average Bonchev–Trinajstić information content (AvgIpc) is 2.25. The summed E-state index contributed by atoms with van der Waals surface area (Å²) >= 11 is 5.07. The zero-order valence-corrected chi connectivity index (χ0v) is 9.90. The van der Waals surface area contributed by atoms with Gasteiger partial charge in [-0.25, -0.2) is 0 Å². The number of hydrogen-bond donors (Lipinski definition) is 2. The predicted octanol–water partition coefficient (Wildman–Crippen LogP) is 1.16. The fraction of sp³-hybridized carbons (Fsp3) is 0.500. The van der Waals surface area contributed by atoms with Crippen molar-refractivity contribution in [2.24, 2.45) is 0 Å². The molecule has 1 rings (SSSR count). The lowest BCUT2D eigenvalue weighted by atomic mass is 10.4. The molecule has 1 aromatic heterocycles. The first-order chi connectivity index (χ1) is 7.22. The van der Waals surface area contributed by atoms with E-state index in [1.807, 2.05) is 6.92 Å². The van der Waals surface area contributed by atoms with Crippen LogP contribution in [0.4, 0.5) is 0 Å². The van der Waals surface area contributed by atoms with E-state index in [4.69, 9.17) is 12.2 Å². The van der Waals surface area contributed by atoms with Gasteiger partial charge in [0.25, 0.3) is 0 Å². The molecule has 0 saturated heterocycles. The Morgan fingerprint density at radius 2 is 2.13 bits per heavy atom. The first-order valence-electron chi connectivity index (χ1n) is 5.01. The molecule has 0 amide bonds. The van der Waals surface area contributed by atoms with E-state index in [1.165, 1.54) is 0 Å². The van der Waals surface area contributed by atoms with Gasteiger partial charge >= 0.3 is 0 Å². The Balaban J connectivity index is 2.30. The van der Waals surface area contributed by atoms with Crippen LogP contribution in [-0.2, 0) is 6.54 Å². The van der Waals surface area contributed by atoms with Crippen molar-refractivity contribution in [1.82, 2.24) is 20.6 Å². The topological polar surface area (TPSA) is 49.8 Å². The van der Waals surface area contributed by atoms with Crippen molar-refractivity contribution in [2.75, 3.05) is 6.54 Å². The summed E-state index contributed by atoms with van der Waals surface area (Å²) in [6.07, 6.45) is 4.57. The highest BCUT2D eigenvalue weighted by atomic mass is 32.1. The molecule has 0 atom stereocenters. The van der Waals surface area contributed by atoms with Gasteiger partial charge in [0.1, 0.15) is 0 Å². The summed E-state index contributed by atoms with van der Waals surface area (Å²) in [5.41, 5.74) is 1.81. The van der Waals surface area contributed by atoms with Crippen molar-refractivity contribution in [3.63, 3.8) is 0 Å². The first-order valence-corrected chi connectivity index (χ1v) is 5.42. The van der Waals surface area contributed by atoms with Gasteiger partial charge in [0.2, 0.25) is 0 Å². The fourth-order valence-electron chi connectivity index (χ4n) is 0.982. The second-order valence-corrected chi connectivity index (χ2v) is 3.67. The van der Waals surface area contributed by atoms with Crippen molar-refractivity contribution in [2.45, 2.75) is 26.8 Å². The SMILES string of the molecule is CCCNC(=S)NCc1cnc(C)cn1. The lowest BCUT2D eigenvalue weighted by Gasteiger charge is -2.08. The standard InChI is InChI=1S/C10H16N4S/c1-3-4-11-10(15)14-7-9-6-12-8(2)5-13-9/h5-6H,3-4,7H2,1-2H3,(H2,11,14,15). The zero-order chi connectivity index (χ0) is 11.1. The van der Waals surface area contributed by atoms with Gasteiger partial charge in [0.15, 0.2) is 5.11 Å². The number of nitrogens with zero attached hydrogens (tertiary/aromatic N) is 2. The van der Waals surface area contributed by atoms with E-state index in [0.717, 1.165) is 24.4 Å². The fourth-order valence-corrected chi connectivity index (χ4v) is 1.16. The van der Waals surface area contributed by atoms with Crippen molar-refractivity contribution in [3.8, 4) is 0 Å². The Morgan fingerprint density at radius 1 is 1.33 bits per heavy atom. The summed E-state index contributed by atoms with van der Waals surface area (Å²) < 4.78 is 0. The van der Waals surface area contributed by atoms with Gasteiger partial charge in [-0.05, 0) is 25.6 Å². The molecule has 0 aliphatic rings. The molecule has 82 valence electrons. The number of hydrogen-bond acceptors (Lipinski definition) is 3. The minimum Gasteiger partial charge on any atom is -0.363 e. The highest BCUT2D eigenvalue weighted by Crippen LogP contribution is 1.92. The van der Waals surface area contributed by atoms with E-state index in [2.05, 4.69) is 27.5 Å². The molecule has 0 aliphatic carbocycles. The number of aromatic nitrogens is 2. The van der Waals surface area contributed by atoms with E-state index < -0.39 is 0 Å². The monoisotopic (exact) mass is 224 g/mol. The van der Waals surface area contributed by atoms with E-state index in [9.17, 15) is 0 Å². The lowest BCUT2D eigenvalue weighted by molar-refractivity contribution is 0.786. The Bertz CT molecular complexity index is 310. The highest BCUT2D eigenvalue weighted by molar-refractivity contribution is 7.80. The third kappa shape index (κ3) is 4.69. The van der Waals surface area contributed by atoms with Gasteiger partial charge in [0.05, 0.1) is 24.1 Å². The minimum absolute atomic E-state index is 0.614. The molecule has 2 N–H and O–H groups in total. The van der Waals surface area contributed by atoms with Crippen LogP contribution >= 0.6 is 12.2 Å². The van der Waals surface area contributed by atoms with Crippen LogP contribution in [0.5, 0.6) is 0 Å². The second-order valence-electron chi connectivity index (χ2n) is 3.26. The maximum atomic E-state index is 5.07. The molecule has 0 aromatic carbocycles. The summed E-state index contributed by atoms with van der Waals surface area (Å²) in [6.45, 7) is 5.52. The highest BCUT2D eigenvalue weighted by Gasteiger charge is 1.96. The minimum atomic E-state index is 0.614. The maximum Gasteiger partial charge on any atom is 0.166 e. The molecular weight excluding hydrogens is 208 g/mol. The van der Waals surface area contributed by atoms with Crippen LogP contribution in [0, 0.1) is 6.92 Å². The molecule has 5 heteroatoms. The van der Waals surface area contributed by atoms with Crippen LogP contribution in [0.25, 0.3) is 0 Å². The van der Waals surface area contributed by atoms with Crippen molar-refractivity contribution < 1.29 is 0 Å². The summed E-state index contributed by atoms with van der Waals surface area (Å²) in [5, 5.41) is 6.82. The van der Waals surface area contributed by atoms with Crippen molar-refractivity contribution in [1.29, 1.82) is 0 Å². The summed E-state index contributed by atoms with van der Waals surface area (Å²) in [6, 6.07) is 0. The second kappa shape index (κ2) is 6.29. The Labute approximate surface area is 95.5 Å². The van der Waals surface area contributed by atoms with Gasteiger partial charge < -0.3 is 10.6 Å². The van der Waals surface area contributed by atoms with E-state index >= 15 is 0 Å². The molecule has 1 heterocycles. The molecule has 0 unspecified atom stereocenters. The van der Waals surface area contributed by atoms with Crippen LogP contribution in [0.3, 0.4) is 0 Å². The molecule has 0 fully saturated rings. The maximum absolute atomic E-state index is 5.07. The lowest BCUT2D eigenvalue weighted by Crippen LogP contribution is -2.35. The molecule has 0 aliphatic heterocycles. The summed E-state index contributed by atoms with van der Waals surface area (Å²) in [7, 11) is 0. The molecule has 0 radical (unpaired) electrons. The van der Waals surface area contributed by atoms with Crippen LogP contribution in [0.1, 0.15) is 24.7 Å². The van der Waals surface area contributed by atoms with Crippen LogP contribution in [0.2, 0.25) is 0 Å². The van der Waals surface area contributed by atoms with E-state index in [1.54, 1.807) is 12.4 Å². The third-order valence-electron chi connectivity index (χ3n) is 1.80. The van der Waals surface area contributed by atoms with Crippen LogP contribution in [0.15, 0.2) is 12.4 Å². The Kier molecular flexibility index (Phi) is 4.97. The van der Waals surface area contributed by atoms with Gasteiger partial charge in [0, 0.05) is 12.7 Å². The molecule has 4 nitrogen and oxygen atoms in total. The number of nitrogens with one attached hydrogen (secondary N) is 2. The molecule has 0 saturated carbocycles. The largest absolute Gasteiger partial charge is 0.363 e. The summed E-state index contributed by atoms with van der Waals surface area (Å²) in [5.74, 6) is 0. The molecular formula is C10H16N4S. The van der Waals surface area contributed by atoms with Crippen LogP contribution in [-0.4, -0.2) is 21.6 Å². The molecule has 0 spiro atoms. The van der Waals surface area contributed by atoms with Gasteiger partial charge in [-0.2, -0.15) is 0 Å². The molecule has 1 aromatic rings. The van der Waals surface area contributed by atoms with E-state index in [0.29, 0.717) is 11.7 Å². The molecule has 0 bridgehead atoms. The smallest absolute Gasteiger partial charge is 0.166 e. The first kappa shape index (κ1) is 11.8. The van der Waals surface area contributed by atoms with Gasteiger partial charge in [-0.1, -0.05) is 6.92 Å². The normalized spacial score (nSPS) is 9.73. The number of thiocarbonyl (C=S) groups is 1. The summed E-state index contributed by atoms with van der Waals surface area (Å²) in [4.78, 5) is 8.37. The average molecular weight is 224 g/mol.